The van der Waals surface area contributed by atoms with Crippen molar-refractivity contribution in [3.63, 3.8) is 0 Å². The highest BCUT2D eigenvalue weighted by Gasteiger charge is 2.24. The van der Waals surface area contributed by atoms with Gasteiger partial charge in [0.15, 0.2) is 0 Å². The van der Waals surface area contributed by atoms with Crippen molar-refractivity contribution in [3.8, 4) is 0 Å². The van der Waals surface area contributed by atoms with Crippen LogP contribution in [-0.2, 0) is 4.79 Å². The second kappa shape index (κ2) is 5.34. The highest BCUT2D eigenvalue weighted by Crippen LogP contribution is 2.17. The molecule has 18 heavy (non-hydrogen) atoms. The predicted octanol–water partition coefficient (Wildman–Crippen LogP) is 0.810. The SMILES string of the molecule is CC(C)(CC(N)=O)NC(=O)c1cc(Br)cnc1N. The maximum Gasteiger partial charge on any atom is 0.255 e. The quantitative estimate of drug-likeness (QED) is 0.763. The maximum absolute atomic E-state index is 12.0. The van der Waals surface area contributed by atoms with Crippen LogP contribution in [0.4, 0.5) is 5.82 Å². The molecule has 0 atom stereocenters. The number of amides is 2. The molecule has 0 spiro atoms. The van der Waals surface area contributed by atoms with Crippen LogP contribution in [0.1, 0.15) is 30.6 Å². The number of nitrogens with two attached hydrogens (primary N) is 2. The minimum atomic E-state index is -0.738. The molecule has 1 aromatic rings. The Bertz CT molecular complexity index is 488. The van der Waals surface area contributed by atoms with E-state index in [0.29, 0.717) is 4.47 Å². The second-order valence-electron chi connectivity index (χ2n) is 4.57. The minimum absolute atomic E-state index is 0.0417. The van der Waals surface area contributed by atoms with E-state index in [0.717, 1.165) is 0 Å². The standard InChI is InChI=1S/C11H15BrN4O2/c1-11(2,4-8(13)17)16-10(18)7-3-6(12)5-15-9(7)14/h3,5H,4H2,1-2H3,(H2,13,17)(H2,14,15)(H,16,18). The molecule has 0 saturated heterocycles. The van der Waals surface area contributed by atoms with E-state index in [9.17, 15) is 9.59 Å². The smallest absolute Gasteiger partial charge is 0.255 e. The molecule has 98 valence electrons. The van der Waals surface area contributed by atoms with Crippen molar-refractivity contribution in [2.75, 3.05) is 5.73 Å². The van der Waals surface area contributed by atoms with Crippen molar-refractivity contribution in [1.82, 2.24) is 10.3 Å². The van der Waals surface area contributed by atoms with E-state index in [1.807, 2.05) is 0 Å². The molecule has 0 radical (unpaired) electrons. The van der Waals surface area contributed by atoms with Crippen molar-refractivity contribution in [2.45, 2.75) is 25.8 Å². The Hall–Kier alpha value is -1.63. The molecule has 0 bridgehead atoms. The lowest BCUT2D eigenvalue weighted by atomic mass is 9.99. The molecule has 2 amide bonds. The van der Waals surface area contributed by atoms with Crippen LogP contribution in [-0.4, -0.2) is 22.3 Å². The first-order chi connectivity index (χ1) is 8.21. The zero-order valence-electron chi connectivity index (χ0n) is 10.2. The molecule has 7 heteroatoms. The van der Waals surface area contributed by atoms with E-state index >= 15 is 0 Å². The van der Waals surface area contributed by atoms with Gasteiger partial charge in [-0.3, -0.25) is 9.59 Å². The number of aromatic nitrogens is 1. The van der Waals surface area contributed by atoms with Crippen LogP contribution in [0.5, 0.6) is 0 Å². The lowest BCUT2D eigenvalue weighted by Gasteiger charge is -2.24. The number of pyridine rings is 1. The normalized spacial score (nSPS) is 11.1. The Kier molecular flexibility index (Phi) is 4.28. The van der Waals surface area contributed by atoms with Gasteiger partial charge in [0.25, 0.3) is 5.91 Å². The topological polar surface area (TPSA) is 111 Å². The van der Waals surface area contributed by atoms with Crippen LogP contribution >= 0.6 is 15.9 Å². The Morgan fingerprint density at radius 1 is 1.50 bits per heavy atom. The van der Waals surface area contributed by atoms with Crippen molar-refractivity contribution < 1.29 is 9.59 Å². The van der Waals surface area contributed by atoms with Gasteiger partial charge in [-0.1, -0.05) is 0 Å². The molecule has 0 saturated carbocycles. The highest BCUT2D eigenvalue weighted by atomic mass is 79.9. The van der Waals surface area contributed by atoms with Gasteiger partial charge < -0.3 is 16.8 Å². The number of primary amides is 1. The monoisotopic (exact) mass is 314 g/mol. The summed E-state index contributed by atoms with van der Waals surface area (Å²) in [5.74, 6) is -0.751. The van der Waals surface area contributed by atoms with Crippen molar-refractivity contribution in [2.24, 2.45) is 5.73 Å². The largest absolute Gasteiger partial charge is 0.383 e. The van der Waals surface area contributed by atoms with Gasteiger partial charge in [0.2, 0.25) is 5.91 Å². The molecular formula is C11H15BrN4O2. The Morgan fingerprint density at radius 3 is 2.67 bits per heavy atom. The van der Waals surface area contributed by atoms with Crippen LogP contribution in [0.3, 0.4) is 0 Å². The third-order valence-corrected chi connectivity index (χ3v) is 2.63. The van der Waals surface area contributed by atoms with Gasteiger partial charge >= 0.3 is 0 Å². The second-order valence-corrected chi connectivity index (χ2v) is 5.48. The summed E-state index contributed by atoms with van der Waals surface area (Å²) >= 11 is 3.21. The first-order valence-corrected chi connectivity index (χ1v) is 6.02. The number of anilines is 1. The van der Waals surface area contributed by atoms with E-state index in [1.165, 1.54) is 6.20 Å². The van der Waals surface area contributed by atoms with Crippen molar-refractivity contribution in [1.29, 1.82) is 0 Å². The molecule has 5 N–H and O–H groups in total. The van der Waals surface area contributed by atoms with Crippen LogP contribution in [0, 0.1) is 0 Å². The van der Waals surface area contributed by atoms with E-state index in [2.05, 4.69) is 26.2 Å². The minimum Gasteiger partial charge on any atom is -0.383 e. The lowest BCUT2D eigenvalue weighted by Crippen LogP contribution is -2.46. The fourth-order valence-corrected chi connectivity index (χ4v) is 1.82. The molecule has 1 rings (SSSR count). The van der Waals surface area contributed by atoms with Gasteiger partial charge in [-0.05, 0) is 35.8 Å². The van der Waals surface area contributed by atoms with Gasteiger partial charge in [0, 0.05) is 22.6 Å². The zero-order valence-corrected chi connectivity index (χ0v) is 11.7. The van der Waals surface area contributed by atoms with Gasteiger partial charge in [0.05, 0.1) is 5.56 Å². The van der Waals surface area contributed by atoms with Crippen LogP contribution in [0.15, 0.2) is 16.7 Å². The number of rotatable bonds is 4. The van der Waals surface area contributed by atoms with Gasteiger partial charge in [-0.15, -0.1) is 0 Å². The highest BCUT2D eigenvalue weighted by molar-refractivity contribution is 9.10. The van der Waals surface area contributed by atoms with E-state index < -0.39 is 17.4 Å². The molecule has 0 unspecified atom stereocenters. The summed E-state index contributed by atoms with van der Waals surface area (Å²) in [7, 11) is 0. The summed E-state index contributed by atoms with van der Waals surface area (Å²) in [4.78, 5) is 26.8. The number of nitrogen functional groups attached to an aromatic ring is 1. The number of carbonyl (C=O) groups is 2. The molecule has 0 aliphatic carbocycles. The predicted molar refractivity (Wildman–Crippen MR) is 71.7 cm³/mol. The summed E-state index contributed by atoms with van der Waals surface area (Å²) in [6, 6.07) is 1.57. The first-order valence-electron chi connectivity index (χ1n) is 5.23. The summed E-state index contributed by atoms with van der Waals surface area (Å²) in [5.41, 5.74) is 10.3. The molecular weight excluding hydrogens is 300 g/mol. The summed E-state index contributed by atoms with van der Waals surface area (Å²) in [5, 5.41) is 2.69. The average molecular weight is 315 g/mol. The Labute approximate surface area is 113 Å². The molecule has 1 aromatic heterocycles. The number of nitrogens with zero attached hydrogens (tertiary/aromatic N) is 1. The van der Waals surface area contributed by atoms with Gasteiger partial charge in [-0.25, -0.2) is 4.98 Å². The van der Waals surface area contributed by atoms with E-state index in [1.54, 1.807) is 19.9 Å². The van der Waals surface area contributed by atoms with Gasteiger partial charge in [0.1, 0.15) is 5.82 Å². The summed E-state index contributed by atoms with van der Waals surface area (Å²) in [6.45, 7) is 3.41. The fourth-order valence-electron chi connectivity index (χ4n) is 1.49. The van der Waals surface area contributed by atoms with Crippen molar-refractivity contribution in [3.05, 3.63) is 22.3 Å². The number of carbonyl (C=O) groups excluding carboxylic acids is 2. The molecule has 0 aliphatic rings. The first kappa shape index (κ1) is 14.4. The third-order valence-electron chi connectivity index (χ3n) is 2.20. The molecule has 0 aromatic carbocycles. The molecule has 0 fully saturated rings. The number of nitrogens with one attached hydrogen (secondary N) is 1. The number of hydrogen-bond donors (Lipinski definition) is 3. The van der Waals surface area contributed by atoms with E-state index in [4.69, 9.17) is 11.5 Å². The van der Waals surface area contributed by atoms with Crippen LogP contribution in [0.25, 0.3) is 0 Å². The van der Waals surface area contributed by atoms with Crippen LogP contribution in [0.2, 0.25) is 0 Å². The summed E-state index contributed by atoms with van der Waals surface area (Å²) < 4.78 is 0.648. The van der Waals surface area contributed by atoms with Crippen molar-refractivity contribution >= 4 is 33.6 Å². The molecule has 1 heterocycles. The lowest BCUT2D eigenvalue weighted by molar-refractivity contribution is -0.119. The third kappa shape index (κ3) is 3.99. The Balaban J connectivity index is 2.88. The van der Waals surface area contributed by atoms with Gasteiger partial charge in [-0.2, -0.15) is 0 Å². The Morgan fingerprint density at radius 2 is 2.11 bits per heavy atom. The average Bonchev–Trinajstić information content (AvgIpc) is 2.18. The van der Waals surface area contributed by atoms with E-state index in [-0.39, 0.29) is 17.8 Å². The molecule has 6 nitrogen and oxygen atoms in total. The maximum atomic E-state index is 12.0. The fraction of sp³-hybridized carbons (Fsp3) is 0.364. The number of halogens is 1. The molecule has 0 aliphatic heterocycles. The zero-order chi connectivity index (χ0) is 13.9. The summed E-state index contributed by atoms with van der Waals surface area (Å²) in [6.07, 6.45) is 1.54. The van der Waals surface area contributed by atoms with Crippen LogP contribution < -0.4 is 16.8 Å². The number of hydrogen-bond acceptors (Lipinski definition) is 4.